The van der Waals surface area contributed by atoms with E-state index in [1.54, 1.807) is 0 Å². The number of hydrogen-bond acceptors (Lipinski definition) is 4. The van der Waals surface area contributed by atoms with E-state index >= 15 is 0 Å². The lowest BCUT2D eigenvalue weighted by Crippen LogP contribution is -2.38. The minimum Gasteiger partial charge on any atom is -0.389 e. The van der Waals surface area contributed by atoms with Gasteiger partial charge in [0.2, 0.25) is 5.91 Å². The van der Waals surface area contributed by atoms with Crippen LogP contribution in [0.25, 0.3) is 0 Å². The maximum atomic E-state index is 12.0. The molecule has 2 aliphatic carbocycles. The average Bonchev–Trinajstić information content (AvgIpc) is 2.94. The minimum atomic E-state index is -0.753. The Kier molecular flexibility index (Phi) is 5.70. The molecule has 0 radical (unpaired) electrons. The van der Waals surface area contributed by atoms with Crippen molar-refractivity contribution in [3.05, 3.63) is 15.6 Å². The van der Waals surface area contributed by atoms with Crippen LogP contribution in [0.1, 0.15) is 73.4 Å². The summed E-state index contributed by atoms with van der Waals surface area (Å²) in [6.07, 6.45) is 11.8. The van der Waals surface area contributed by atoms with Gasteiger partial charge in [-0.3, -0.25) is 4.79 Å². The van der Waals surface area contributed by atoms with Gasteiger partial charge in [-0.1, -0.05) is 19.3 Å². The van der Waals surface area contributed by atoms with E-state index in [0.29, 0.717) is 6.54 Å². The Morgan fingerprint density at radius 3 is 2.74 bits per heavy atom. The molecule has 0 atom stereocenters. The molecular weight excluding hydrogens is 308 g/mol. The highest BCUT2D eigenvalue weighted by molar-refractivity contribution is 7.11. The third-order valence-electron chi connectivity index (χ3n) is 5.05. The molecule has 1 aromatic rings. The van der Waals surface area contributed by atoms with E-state index in [-0.39, 0.29) is 12.3 Å². The second kappa shape index (κ2) is 7.75. The number of carbonyl (C=O) groups excluding carboxylic acids is 1. The number of hydrogen-bond donors (Lipinski definition) is 2. The van der Waals surface area contributed by atoms with E-state index in [4.69, 9.17) is 4.98 Å². The monoisotopic (exact) mass is 336 g/mol. The summed E-state index contributed by atoms with van der Waals surface area (Å²) < 4.78 is 0. The van der Waals surface area contributed by atoms with E-state index in [1.165, 1.54) is 41.3 Å². The van der Waals surface area contributed by atoms with Crippen LogP contribution < -0.4 is 5.32 Å². The number of aliphatic hydroxyl groups is 1. The molecule has 0 aliphatic heterocycles. The van der Waals surface area contributed by atoms with Gasteiger partial charge in [0.05, 0.1) is 22.7 Å². The molecule has 0 aromatic carbocycles. The van der Waals surface area contributed by atoms with E-state index < -0.39 is 5.60 Å². The summed E-state index contributed by atoms with van der Waals surface area (Å²) >= 11 is 1.86. The van der Waals surface area contributed by atoms with Gasteiger partial charge in [0.15, 0.2) is 0 Å². The molecule has 2 aliphatic rings. The predicted octanol–water partition coefficient (Wildman–Crippen LogP) is 3.16. The Balaban J connectivity index is 1.36. The van der Waals surface area contributed by atoms with Gasteiger partial charge in [-0.15, -0.1) is 11.3 Å². The molecule has 0 spiro atoms. The largest absolute Gasteiger partial charge is 0.389 e. The number of fused-ring (bicyclic) bond motifs is 1. The highest BCUT2D eigenvalue weighted by atomic mass is 32.1. The van der Waals surface area contributed by atoms with Crippen molar-refractivity contribution >= 4 is 17.2 Å². The van der Waals surface area contributed by atoms with Crippen LogP contribution in [0.15, 0.2) is 0 Å². The van der Waals surface area contributed by atoms with Gasteiger partial charge in [0.25, 0.3) is 0 Å². The van der Waals surface area contributed by atoms with E-state index in [0.717, 1.165) is 44.9 Å². The summed E-state index contributed by atoms with van der Waals surface area (Å²) in [6.45, 7) is 0.680. The number of rotatable bonds is 6. The molecular formula is C18H28N2O2S. The van der Waals surface area contributed by atoms with Gasteiger partial charge < -0.3 is 10.4 Å². The molecule has 1 aromatic heterocycles. The lowest BCUT2D eigenvalue weighted by atomic mass is 9.82. The Bertz CT molecular complexity index is 512. The van der Waals surface area contributed by atoms with Gasteiger partial charge in [-0.2, -0.15) is 0 Å². The lowest BCUT2D eigenvalue weighted by molar-refractivity contribution is -0.127. The molecule has 128 valence electrons. The van der Waals surface area contributed by atoms with Crippen molar-refractivity contribution in [1.82, 2.24) is 10.3 Å². The molecule has 23 heavy (non-hydrogen) atoms. The second-order valence-corrected chi connectivity index (χ2v) is 8.27. The molecule has 1 fully saturated rings. The van der Waals surface area contributed by atoms with Crippen molar-refractivity contribution in [2.75, 3.05) is 6.54 Å². The number of carbonyl (C=O) groups is 1. The molecule has 4 nitrogen and oxygen atoms in total. The molecule has 2 N–H and O–H groups in total. The standard InChI is InChI=1S/C18H28N2O2S/c21-16(13-18(22)10-4-1-5-11-18)19-12-6-9-17-20-14-7-2-3-8-15(14)23-17/h22H,1-13H2,(H,19,21). The summed E-state index contributed by atoms with van der Waals surface area (Å²) in [5, 5.41) is 14.6. The van der Waals surface area contributed by atoms with E-state index in [9.17, 15) is 9.90 Å². The zero-order chi connectivity index (χ0) is 16.1. The first-order chi connectivity index (χ1) is 11.1. The van der Waals surface area contributed by atoms with Crippen LogP contribution in [0.4, 0.5) is 0 Å². The highest BCUT2D eigenvalue weighted by Crippen LogP contribution is 2.30. The first-order valence-electron chi connectivity index (χ1n) is 9.11. The average molecular weight is 337 g/mol. The van der Waals surface area contributed by atoms with Crippen molar-refractivity contribution < 1.29 is 9.90 Å². The molecule has 5 heteroatoms. The highest BCUT2D eigenvalue weighted by Gasteiger charge is 2.31. The first kappa shape index (κ1) is 16.9. The SMILES string of the molecule is O=C(CC1(O)CCCCC1)NCCCc1nc2c(s1)CCCC2. The predicted molar refractivity (Wildman–Crippen MR) is 92.7 cm³/mol. The fourth-order valence-corrected chi connectivity index (χ4v) is 4.93. The van der Waals surface area contributed by atoms with E-state index in [1.807, 2.05) is 11.3 Å². The number of aromatic nitrogens is 1. The summed E-state index contributed by atoms with van der Waals surface area (Å²) in [5.41, 5.74) is 0.566. The van der Waals surface area contributed by atoms with Crippen molar-refractivity contribution in [3.63, 3.8) is 0 Å². The number of nitrogens with one attached hydrogen (secondary N) is 1. The van der Waals surface area contributed by atoms with Gasteiger partial charge in [0.1, 0.15) is 0 Å². The Labute approximate surface area is 142 Å². The smallest absolute Gasteiger partial charge is 0.222 e. The van der Waals surface area contributed by atoms with Crippen molar-refractivity contribution in [2.24, 2.45) is 0 Å². The fourth-order valence-electron chi connectivity index (χ4n) is 3.73. The van der Waals surface area contributed by atoms with Gasteiger partial charge in [0, 0.05) is 17.8 Å². The summed E-state index contributed by atoms with van der Waals surface area (Å²) in [6, 6.07) is 0. The molecule has 1 saturated carbocycles. The van der Waals surface area contributed by atoms with Crippen molar-refractivity contribution in [2.45, 2.75) is 82.7 Å². The number of thiazole rings is 1. The van der Waals surface area contributed by atoms with Crippen LogP contribution in [-0.4, -0.2) is 28.1 Å². The minimum absolute atomic E-state index is 0.00664. The van der Waals surface area contributed by atoms with Crippen LogP contribution in [0, 0.1) is 0 Å². The fraction of sp³-hybridized carbons (Fsp3) is 0.778. The van der Waals surface area contributed by atoms with Gasteiger partial charge >= 0.3 is 0 Å². The Morgan fingerprint density at radius 2 is 1.96 bits per heavy atom. The maximum absolute atomic E-state index is 12.0. The topological polar surface area (TPSA) is 62.2 Å². The molecule has 1 heterocycles. The Hall–Kier alpha value is -0.940. The van der Waals surface area contributed by atoms with Crippen molar-refractivity contribution in [3.8, 4) is 0 Å². The number of nitrogens with zero attached hydrogens (tertiary/aromatic N) is 1. The normalized spacial score (nSPS) is 20.0. The number of amides is 1. The van der Waals surface area contributed by atoms with Crippen LogP contribution >= 0.6 is 11.3 Å². The first-order valence-corrected chi connectivity index (χ1v) is 9.93. The molecule has 3 rings (SSSR count). The van der Waals surface area contributed by atoms with E-state index in [2.05, 4.69) is 5.32 Å². The van der Waals surface area contributed by atoms with Crippen LogP contribution in [0.5, 0.6) is 0 Å². The molecule has 0 saturated heterocycles. The van der Waals surface area contributed by atoms with Crippen LogP contribution in [0.3, 0.4) is 0 Å². The van der Waals surface area contributed by atoms with Gasteiger partial charge in [-0.05, 0) is 44.9 Å². The number of aryl methyl sites for hydroxylation is 3. The molecule has 0 unspecified atom stereocenters. The summed E-state index contributed by atoms with van der Waals surface area (Å²) in [5.74, 6) is -0.00664. The maximum Gasteiger partial charge on any atom is 0.222 e. The second-order valence-electron chi connectivity index (χ2n) is 7.10. The van der Waals surface area contributed by atoms with Crippen LogP contribution in [0.2, 0.25) is 0 Å². The zero-order valence-corrected chi connectivity index (χ0v) is 14.7. The third kappa shape index (κ3) is 4.77. The molecule has 1 amide bonds. The lowest BCUT2D eigenvalue weighted by Gasteiger charge is -2.31. The van der Waals surface area contributed by atoms with Gasteiger partial charge in [-0.25, -0.2) is 4.98 Å². The Morgan fingerprint density at radius 1 is 1.17 bits per heavy atom. The zero-order valence-electron chi connectivity index (χ0n) is 13.9. The quantitative estimate of drug-likeness (QED) is 0.785. The summed E-state index contributed by atoms with van der Waals surface area (Å²) in [7, 11) is 0. The third-order valence-corrected chi connectivity index (χ3v) is 6.27. The van der Waals surface area contributed by atoms with Crippen LogP contribution in [-0.2, 0) is 24.1 Å². The molecule has 0 bridgehead atoms. The van der Waals surface area contributed by atoms with Crippen molar-refractivity contribution in [1.29, 1.82) is 0 Å². The summed E-state index contributed by atoms with van der Waals surface area (Å²) in [4.78, 5) is 18.2.